The van der Waals surface area contributed by atoms with Crippen LogP contribution in [0.5, 0.6) is 5.75 Å². The maximum atomic E-state index is 8.83. The molecule has 1 N–H and O–H groups in total. The third kappa shape index (κ3) is 2.82. The molecule has 0 atom stereocenters. The van der Waals surface area contributed by atoms with E-state index in [2.05, 4.69) is 4.98 Å². The summed E-state index contributed by atoms with van der Waals surface area (Å²) in [5.41, 5.74) is 2.98. The van der Waals surface area contributed by atoms with Gasteiger partial charge in [-0.05, 0) is 30.2 Å². The van der Waals surface area contributed by atoms with Crippen molar-refractivity contribution in [2.45, 2.75) is 6.42 Å². The van der Waals surface area contributed by atoms with Gasteiger partial charge in [-0.25, -0.2) is 0 Å². The maximum Gasteiger partial charge on any atom is 0.119 e. The monoisotopic (exact) mass is 229 g/mol. The maximum absolute atomic E-state index is 8.83. The molecule has 1 aromatic heterocycles. The van der Waals surface area contributed by atoms with Gasteiger partial charge in [-0.2, -0.15) is 0 Å². The van der Waals surface area contributed by atoms with Crippen LogP contribution in [0.3, 0.4) is 0 Å². The van der Waals surface area contributed by atoms with E-state index >= 15 is 0 Å². The van der Waals surface area contributed by atoms with Gasteiger partial charge in [0.1, 0.15) is 5.75 Å². The van der Waals surface area contributed by atoms with E-state index in [0.29, 0.717) is 6.42 Å². The topological polar surface area (TPSA) is 42.4 Å². The average Bonchev–Trinajstić information content (AvgIpc) is 2.40. The van der Waals surface area contributed by atoms with Gasteiger partial charge in [-0.3, -0.25) is 4.98 Å². The zero-order valence-corrected chi connectivity index (χ0v) is 9.76. The molecule has 0 unspecified atom stereocenters. The lowest BCUT2D eigenvalue weighted by atomic mass is 10.1. The first-order valence-electron chi connectivity index (χ1n) is 5.53. The summed E-state index contributed by atoms with van der Waals surface area (Å²) in [6.07, 6.45) is 2.44. The molecule has 1 heterocycles. The Hall–Kier alpha value is -1.87. The molecule has 3 nitrogen and oxygen atoms in total. The van der Waals surface area contributed by atoms with E-state index in [4.69, 9.17) is 9.84 Å². The first kappa shape index (κ1) is 11.6. The number of nitrogens with zero attached hydrogens (tertiary/aromatic N) is 1. The van der Waals surface area contributed by atoms with E-state index in [0.717, 1.165) is 22.6 Å². The zero-order chi connectivity index (χ0) is 12.1. The predicted molar refractivity (Wildman–Crippen MR) is 67.0 cm³/mol. The van der Waals surface area contributed by atoms with Gasteiger partial charge in [0.2, 0.25) is 0 Å². The normalized spacial score (nSPS) is 10.2. The molecule has 2 aromatic rings. The number of rotatable bonds is 4. The number of aliphatic hydroxyl groups is 1. The first-order chi connectivity index (χ1) is 8.33. The van der Waals surface area contributed by atoms with Crippen molar-refractivity contribution in [1.82, 2.24) is 4.98 Å². The number of aromatic nitrogens is 1. The Morgan fingerprint density at radius 3 is 2.76 bits per heavy atom. The number of pyridine rings is 1. The lowest BCUT2D eigenvalue weighted by Crippen LogP contribution is -1.92. The summed E-state index contributed by atoms with van der Waals surface area (Å²) in [7, 11) is 1.65. The highest BCUT2D eigenvalue weighted by atomic mass is 16.5. The molecule has 17 heavy (non-hydrogen) atoms. The lowest BCUT2D eigenvalue weighted by molar-refractivity contribution is 0.299. The predicted octanol–water partition coefficient (Wildman–Crippen LogP) is 2.29. The summed E-state index contributed by atoms with van der Waals surface area (Å²) < 4.78 is 5.18. The summed E-state index contributed by atoms with van der Waals surface area (Å²) in [4.78, 5) is 4.38. The molecule has 0 spiro atoms. The van der Waals surface area contributed by atoms with Gasteiger partial charge < -0.3 is 9.84 Å². The molecule has 0 amide bonds. The van der Waals surface area contributed by atoms with Gasteiger partial charge in [-0.1, -0.05) is 18.2 Å². The molecule has 0 aliphatic heterocycles. The van der Waals surface area contributed by atoms with Gasteiger partial charge in [0, 0.05) is 18.4 Å². The average molecular weight is 229 g/mol. The quantitative estimate of drug-likeness (QED) is 0.874. The molecular formula is C14H15NO2. The fourth-order valence-electron chi connectivity index (χ4n) is 1.65. The van der Waals surface area contributed by atoms with Gasteiger partial charge >= 0.3 is 0 Å². The van der Waals surface area contributed by atoms with Crippen LogP contribution in [0.2, 0.25) is 0 Å². The second-order valence-corrected chi connectivity index (χ2v) is 3.76. The minimum atomic E-state index is 0.153. The Kier molecular flexibility index (Phi) is 3.73. The molecule has 0 radical (unpaired) electrons. The van der Waals surface area contributed by atoms with Crippen LogP contribution in [-0.2, 0) is 6.42 Å². The molecule has 0 aliphatic rings. The third-order valence-electron chi connectivity index (χ3n) is 2.59. The van der Waals surface area contributed by atoms with Crippen molar-refractivity contribution in [1.29, 1.82) is 0 Å². The van der Waals surface area contributed by atoms with E-state index in [1.807, 2.05) is 36.4 Å². The Morgan fingerprint density at radius 2 is 2.12 bits per heavy atom. The molecule has 2 rings (SSSR count). The van der Waals surface area contributed by atoms with Crippen molar-refractivity contribution in [3.8, 4) is 17.0 Å². The van der Waals surface area contributed by atoms with Gasteiger partial charge in [0.05, 0.1) is 12.8 Å². The van der Waals surface area contributed by atoms with Gasteiger partial charge in [0.15, 0.2) is 0 Å². The largest absolute Gasteiger partial charge is 0.497 e. The minimum Gasteiger partial charge on any atom is -0.497 e. The van der Waals surface area contributed by atoms with Crippen molar-refractivity contribution in [3.05, 3.63) is 48.2 Å². The van der Waals surface area contributed by atoms with Crippen molar-refractivity contribution < 1.29 is 9.84 Å². The van der Waals surface area contributed by atoms with Crippen LogP contribution in [0.25, 0.3) is 11.3 Å². The van der Waals surface area contributed by atoms with Crippen molar-refractivity contribution >= 4 is 0 Å². The van der Waals surface area contributed by atoms with E-state index < -0.39 is 0 Å². The van der Waals surface area contributed by atoms with Crippen molar-refractivity contribution in [2.24, 2.45) is 0 Å². The fraction of sp³-hybridized carbons (Fsp3) is 0.214. The van der Waals surface area contributed by atoms with Crippen LogP contribution in [0.15, 0.2) is 42.6 Å². The van der Waals surface area contributed by atoms with E-state index in [1.165, 1.54) is 0 Å². The Labute approximate surface area is 101 Å². The van der Waals surface area contributed by atoms with Crippen LogP contribution in [0.1, 0.15) is 5.56 Å². The van der Waals surface area contributed by atoms with Gasteiger partial charge in [0.25, 0.3) is 0 Å². The number of methoxy groups -OCH3 is 1. The Bertz CT molecular complexity index is 480. The molecule has 0 saturated carbocycles. The third-order valence-corrected chi connectivity index (χ3v) is 2.59. The molecule has 3 heteroatoms. The first-order valence-corrected chi connectivity index (χ1v) is 5.53. The Morgan fingerprint density at radius 1 is 1.24 bits per heavy atom. The highest BCUT2D eigenvalue weighted by Crippen LogP contribution is 2.22. The number of ether oxygens (including phenoxy) is 1. The highest BCUT2D eigenvalue weighted by Gasteiger charge is 2.01. The highest BCUT2D eigenvalue weighted by molar-refractivity contribution is 5.61. The minimum absolute atomic E-state index is 0.153. The summed E-state index contributed by atoms with van der Waals surface area (Å²) in [5, 5.41) is 8.83. The lowest BCUT2D eigenvalue weighted by Gasteiger charge is -2.05. The Balaban J connectivity index is 2.26. The molecule has 0 saturated heterocycles. The van der Waals surface area contributed by atoms with Crippen LogP contribution in [0.4, 0.5) is 0 Å². The molecular weight excluding hydrogens is 214 g/mol. The molecule has 0 aliphatic carbocycles. The smallest absolute Gasteiger partial charge is 0.119 e. The van der Waals surface area contributed by atoms with Crippen LogP contribution in [-0.4, -0.2) is 23.8 Å². The fourth-order valence-corrected chi connectivity index (χ4v) is 1.65. The van der Waals surface area contributed by atoms with Crippen molar-refractivity contribution in [2.75, 3.05) is 13.7 Å². The molecule has 0 fully saturated rings. The van der Waals surface area contributed by atoms with E-state index in [1.54, 1.807) is 13.3 Å². The van der Waals surface area contributed by atoms with E-state index in [9.17, 15) is 0 Å². The zero-order valence-electron chi connectivity index (χ0n) is 9.76. The summed E-state index contributed by atoms with van der Waals surface area (Å²) >= 11 is 0. The molecule has 88 valence electrons. The summed E-state index contributed by atoms with van der Waals surface area (Å²) in [5.74, 6) is 0.823. The SMILES string of the molecule is COc1cccc(-c2ccc(CCO)cn2)c1. The van der Waals surface area contributed by atoms with Gasteiger partial charge in [-0.15, -0.1) is 0 Å². The summed E-state index contributed by atoms with van der Waals surface area (Å²) in [6, 6.07) is 11.7. The van der Waals surface area contributed by atoms with Crippen LogP contribution < -0.4 is 4.74 Å². The summed E-state index contributed by atoms with van der Waals surface area (Å²) in [6.45, 7) is 0.153. The molecule has 1 aromatic carbocycles. The molecule has 0 bridgehead atoms. The van der Waals surface area contributed by atoms with Crippen molar-refractivity contribution in [3.63, 3.8) is 0 Å². The van der Waals surface area contributed by atoms with Crippen LogP contribution >= 0.6 is 0 Å². The van der Waals surface area contributed by atoms with E-state index in [-0.39, 0.29) is 6.61 Å². The number of aliphatic hydroxyl groups excluding tert-OH is 1. The number of hydrogen-bond donors (Lipinski definition) is 1. The van der Waals surface area contributed by atoms with Crippen LogP contribution in [0, 0.1) is 0 Å². The second kappa shape index (κ2) is 5.46. The number of hydrogen-bond acceptors (Lipinski definition) is 3. The standard InChI is InChI=1S/C14H15NO2/c1-17-13-4-2-3-12(9-13)14-6-5-11(7-8-16)10-15-14/h2-6,9-10,16H,7-8H2,1H3. The second-order valence-electron chi connectivity index (χ2n) is 3.76. The number of benzene rings is 1.